The predicted octanol–water partition coefficient (Wildman–Crippen LogP) is 9.07. The van der Waals surface area contributed by atoms with Gasteiger partial charge in [-0.25, -0.2) is 18.3 Å². The Labute approximate surface area is 234 Å². The van der Waals surface area contributed by atoms with Crippen LogP contribution < -0.4 is 4.52 Å². The van der Waals surface area contributed by atoms with Gasteiger partial charge in [0.1, 0.15) is 17.4 Å². The van der Waals surface area contributed by atoms with Crippen molar-refractivity contribution >= 4 is 13.5 Å². The van der Waals surface area contributed by atoms with Crippen LogP contribution in [0.4, 0.5) is 22.0 Å². The smallest absolute Gasteiger partial charge is 0.404 e. The first kappa shape index (κ1) is 32.2. The standard InChI is InChI=1S/C26H25F5N3O4P.C2H6/c1-5-36-39(35,37-6-2)38-17-8-9-18(21(28)12-17)24-25(26(29,30)31)33-23-13-32-22(14-34(23)24)16-7-10-20(27)19(11-16)15(3)4;1-2/h7-15H,5-6H2,1-4H3;1-2H3. The monoisotopic (exact) mass is 599 g/mol. The molecular formula is C28H31F5N3O4P. The number of fused-ring (bicyclic) bond motifs is 1. The molecule has 2 aromatic heterocycles. The Morgan fingerprint density at radius 2 is 1.63 bits per heavy atom. The van der Waals surface area contributed by atoms with E-state index >= 15 is 4.39 Å². The normalized spacial score (nSPS) is 12.0. The van der Waals surface area contributed by atoms with Crippen molar-refractivity contribution in [2.45, 2.75) is 53.6 Å². The van der Waals surface area contributed by atoms with E-state index in [4.69, 9.17) is 13.6 Å². The van der Waals surface area contributed by atoms with Gasteiger partial charge >= 0.3 is 14.0 Å². The number of phosphoric acid groups is 1. The van der Waals surface area contributed by atoms with E-state index in [9.17, 15) is 22.1 Å². The first-order chi connectivity index (χ1) is 19.4. The van der Waals surface area contributed by atoms with Crippen LogP contribution in [0.5, 0.6) is 5.75 Å². The van der Waals surface area contributed by atoms with Gasteiger partial charge in [0.2, 0.25) is 0 Å². The number of hydrogen-bond acceptors (Lipinski definition) is 6. The minimum absolute atomic E-state index is 0.0162. The molecule has 222 valence electrons. The molecule has 0 spiro atoms. The van der Waals surface area contributed by atoms with E-state index in [0.717, 1.165) is 28.8 Å². The second-order valence-electron chi connectivity index (χ2n) is 8.71. The highest BCUT2D eigenvalue weighted by Crippen LogP contribution is 2.50. The maximum atomic E-state index is 15.3. The molecule has 0 N–H and O–H groups in total. The zero-order valence-corrected chi connectivity index (χ0v) is 24.3. The van der Waals surface area contributed by atoms with Crippen LogP contribution in [0.2, 0.25) is 0 Å². The molecule has 0 atom stereocenters. The number of imidazole rings is 1. The molecule has 0 saturated heterocycles. The average molecular weight is 600 g/mol. The van der Waals surface area contributed by atoms with Crippen LogP contribution in [0.1, 0.15) is 58.7 Å². The third-order valence-electron chi connectivity index (χ3n) is 5.68. The molecule has 13 heteroatoms. The molecule has 4 aromatic rings. The van der Waals surface area contributed by atoms with Gasteiger partial charge in [-0.05, 0) is 55.7 Å². The molecule has 0 fully saturated rings. The molecule has 0 aliphatic carbocycles. The number of aromatic nitrogens is 3. The number of alkyl halides is 3. The van der Waals surface area contributed by atoms with Gasteiger partial charge in [-0.2, -0.15) is 13.2 Å². The van der Waals surface area contributed by atoms with Crippen molar-refractivity contribution in [2.24, 2.45) is 0 Å². The van der Waals surface area contributed by atoms with Gasteiger partial charge in [-0.1, -0.05) is 27.7 Å². The number of halogens is 5. The van der Waals surface area contributed by atoms with Crippen LogP contribution in [0.15, 0.2) is 48.8 Å². The molecule has 0 unspecified atom stereocenters. The van der Waals surface area contributed by atoms with Crippen molar-refractivity contribution in [1.29, 1.82) is 0 Å². The number of benzene rings is 2. The van der Waals surface area contributed by atoms with E-state index in [0.29, 0.717) is 11.1 Å². The quantitative estimate of drug-likeness (QED) is 0.141. The number of phosphoric ester groups is 1. The molecule has 0 aliphatic heterocycles. The third-order valence-corrected chi connectivity index (χ3v) is 7.26. The zero-order chi connectivity index (χ0) is 30.5. The van der Waals surface area contributed by atoms with Gasteiger partial charge in [-0.15, -0.1) is 0 Å². The second kappa shape index (κ2) is 13.1. The molecule has 0 aliphatic rings. The number of hydrogen-bond donors (Lipinski definition) is 0. The maximum Gasteiger partial charge on any atom is 0.530 e. The molecular weight excluding hydrogens is 568 g/mol. The first-order valence-corrected chi connectivity index (χ1v) is 14.5. The highest BCUT2D eigenvalue weighted by molar-refractivity contribution is 7.48. The van der Waals surface area contributed by atoms with E-state index in [-0.39, 0.29) is 36.2 Å². The van der Waals surface area contributed by atoms with Crippen LogP contribution in [-0.4, -0.2) is 27.6 Å². The molecule has 0 saturated carbocycles. The zero-order valence-electron chi connectivity index (χ0n) is 23.4. The summed E-state index contributed by atoms with van der Waals surface area (Å²) in [6.07, 6.45) is -2.52. The summed E-state index contributed by atoms with van der Waals surface area (Å²) in [5, 5.41) is 0. The average Bonchev–Trinajstić information content (AvgIpc) is 3.29. The van der Waals surface area contributed by atoms with Crippen LogP contribution in [0, 0.1) is 11.6 Å². The summed E-state index contributed by atoms with van der Waals surface area (Å²) >= 11 is 0. The van der Waals surface area contributed by atoms with Crippen LogP contribution in [-0.2, 0) is 19.8 Å². The largest absolute Gasteiger partial charge is 0.530 e. The van der Waals surface area contributed by atoms with E-state index in [2.05, 4.69) is 9.97 Å². The SMILES string of the molecule is CC.CCOP(=O)(OCC)Oc1ccc(-c2c(C(F)(F)F)nc3cnc(-c4ccc(F)c(C(C)C)c4)cn23)c(F)c1. The minimum Gasteiger partial charge on any atom is -0.404 e. The van der Waals surface area contributed by atoms with Crippen LogP contribution in [0.3, 0.4) is 0 Å². The van der Waals surface area contributed by atoms with Gasteiger partial charge in [0.15, 0.2) is 11.3 Å². The molecule has 7 nitrogen and oxygen atoms in total. The lowest BCUT2D eigenvalue weighted by molar-refractivity contribution is -0.140. The summed E-state index contributed by atoms with van der Waals surface area (Å²) in [5.41, 5.74) is -1.42. The van der Waals surface area contributed by atoms with Crippen LogP contribution in [0.25, 0.3) is 28.2 Å². The summed E-state index contributed by atoms with van der Waals surface area (Å²) in [6.45, 7) is 10.7. The van der Waals surface area contributed by atoms with Crippen molar-refractivity contribution in [3.8, 4) is 28.3 Å². The summed E-state index contributed by atoms with van der Waals surface area (Å²) < 4.78 is 101. The summed E-state index contributed by atoms with van der Waals surface area (Å²) in [4.78, 5) is 7.86. The van der Waals surface area contributed by atoms with Gasteiger partial charge in [0.05, 0.1) is 30.8 Å². The Bertz CT molecular complexity index is 1550. The van der Waals surface area contributed by atoms with Gasteiger partial charge in [0.25, 0.3) is 0 Å². The van der Waals surface area contributed by atoms with E-state index < -0.39 is 42.6 Å². The summed E-state index contributed by atoms with van der Waals surface area (Å²) in [6, 6.07) is 7.28. The Balaban J connectivity index is 0.00000226. The minimum atomic E-state index is -4.93. The fourth-order valence-corrected chi connectivity index (χ4v) is 5.17. The van der Waals surface area contributed by atoms with Crippen molar-refractivity contribution in [2.75, 3.05) is 13.2 Å². The van der Waals surface area contributed by atoms with E-state index in [1.54, 1.807) is 33.8 Å². The van der Waals surface area contributed by atoms with Crippen molar-refractivity contribution < 1.29 is 40.1 Å². The highest BCUT2D eigenvalue weighted by Gasteiger charge is 2.39. The Kier molecular flexibility index (Phi) is 10.3. The van der Waals surface area contributed by atoms with E-state index in [1.807, 2.05) is 13.8 Å². The van der Waals surface area contributed by atoms with Gasteiger partial charge in [0, 0.05) is 23.4 Å². The maximum absolute atomic E-state index is 15.3. The highest BCUT2D eigenvalue weighted by atomic mass is 31.2. The van der Waals surface area contributed by atoms with Gasteiger partial charge in [-0.3, -0.25) is 18.4 Å². The summed E-state index contributed by atoms with van der Waals surface area (Å²) in [7, 11) is -4.07. The summed E-state index contributed by atoms with van der Waals surface area (Å²) in [5.74, 6) is -1.93. The van der Waals surface area contributed by atoms with Crippen LogP contribution >= 0.6 is 7.82 Å². The second-order valence-corrected chi connectivity index (χ2v) is 10.3. The molecule has 0 radical (unpaired) electrons. The van der Waals surface area contributed by atoms with Crippen molar-refractivity contribution in [1.82, 2.24) is 14.4 Å². The Morgan fingerprint density at radius 3 is 2.20 bits per heavy atom. The fraction of sp³-hybridized carbons (Fsp3) is 0.357. The molecule has 0 amide bonds. The molecule has 2 aromatic carbocycles. The lowest BCUT2D eigenvalue weighted by Crippen LogP contribution is -2.08. The van der Waals surface area contributed by atoms with Gasteiger partial charge < -0.3 is 4.52 Å². The number of nitrogens with zero attached hydrogens (tertiary/aromatic N) is 3. The molecule has 41 heavy (non-hydrogen) atoms. The molecule has 4 rings (SSSR count). The third kappa shape index (κ3) is 7.12. The van der Waals surface area contributed by atoms with E-state index in [1.165, 1.54) is 18.3 Å². The van der Waals surface area contributed by atoms with Crippen molar-refractivity contribution in [3.05, 3.63) is 71.7 Å². The predicted molar refractivity (Wildman–Crippen MR) is 146 cm³/mol. The van der Waals surface area contributed by atoms with Crippen molar-refractivity contribution in [3.63, 3.8) is 0 Å². The molecule has 0 bridgehead atoms. The molecule has 2 heterocycles. The lowest BCUT2D eigenvalue weighted by atomic mass is 9.99. The topological polar surface area (TPSA) is 75.0 Å². The fourth-order valence-electron chi connectivity index (χ4n) is 3.98. The Hall–Kier alpha value is -3.34. The Morgan fingerprint density at radius 1 is 0.976 bits per heavy atom. The lowest BCUT2D eigenvalue weighted by Gasteiger charge is -2.17. The first-order valence-electron chi connectivity index (χ1n) is 13.0. The number of rotatable bonds is 9.